The number of hydrogen-bond acceptors (Lipinski definition) is 4. The van der Waals surface area contributed by atoms with Crippen LogP contribution < -0.4 is 16.6 Å². The third kappa shape index (κ3) is 7.44. The Bertz CT molecular complexity index is 207. The molecule has 0 aromatic carbocycles. The number of nitrogens with two attached hydrogens (primary N) is 1. The van der Waals surface area contributed by atoms with Crippen molar-refractivity contribution >= 4 is 5.96 Å². The van der Waals surface area contributed by atoms with Crippen LogP contribution in [0.1, 0.15) is 20.8 Å². The second kappa shape index (κ2) is 8.32. The fourth-order valence-electron chi connectivity index (χ4n) is 1.13. The predicted octanol–water partition coefficient (Wildman–Crippen LogP) is -0.143. The van der Waals surface area contributed by atoms with Gasteiger partial charge in [0, 0.05) is 20.3 Å². The highest BCUT2D eigenvalue weighted by Crippen LogP contribution is 2.08. The number of nitrogens with zero attached hydrogens (tertiary/aromatic N) is 1. The van der Waals surface area contributed by atoms with Crippen molar-refractivity contribution in [3.63, 3.8) is 0 Å². The van der Waals surface area contributed by atoms with E-state index in [-0.39, 0.29) is 5.60 Å². The summed E-state index contributed by atoms with van der Waals surface area (Å²) in [4.78, 5) is 4.29. The Labute approximate surface area is 97.6 Å². The van der Waals surface area contributed by atoms with Crippen molar-refractivity contribution in [2.45, 2.75) is 26.4 Å². The number of hydrogen-bond donors (Lipinski definition) is 3. The van der Waals surface area contributed by atoms with Gasteiger partial charge in [0.05, 0.1) is 18.8 Å². The number of guanidine groups is 1. The van der Waals surface area contributed by atoms with Crippen LogP contribution in [0.3, 0.4) is 0 Å². The van der Waals surface area contributed by atoms with E-state index in [0.29, 0.717) is 32.3 Å². The molecule has 6 nitrogen and oxygen atoms in total. The van der Waals surface area contributed by atoms with E-state index >= 15 is 0 Å². The lowest BCUT2D eigenvalue weighted by atomic mass is 10.1. The number of hydrazine groups is 1. The molecule has 0 amide bonds. The molecule has 0 fully saturated rings. The molecule has 0 atom stereocenters. The number of nitrogens with one attached hydrogen (secondary N) is 2. The van der Waals surface area contributed by atoms with Crippen LogP contribution in [0.2, 0.25) is 0 Å². The van der Waals surface area contributed by atoms with Crippen molar-refractivity contribution in [3.05, 3.63) is 0 Å². The Balaban J connectivity index is 4.04. The average molecular weight is 232 g/mol. The SMILES string of the molecule is CCOC(C)(C)CN=C(NN)NCCOC. The molecule has 0 aliphatic heterocycles. The van der Waals surface area contributed by atoms with E-state index in [2.05, 4.69) is 15.7 Å². The topological polar surface area (TPSA) is 80.9 Å². The summed E-state index contributed by atoms with van der Waals surface area (Å²) < 4.78 is 10.4. The molecular formula is C10H24N4O2. The summed E-state index contributed by atoms with van der Waals surface area (Å²) in [6, 6.07) is 0. The predicted molar refractivity (Wildman–Crippen MR) is 65.2 cm³/mol. The van der Waals surface area contributed by atoms with Gasteiger partial charge in [-0.05, 0) is 20.8 Å². The minimum Gasteiger partial charge on any atom is -0.383 e. The van der Waals surface area contributed by atoms with E-state index in [4.69, 9.17) is 15.3 Å². The summed E-state index contributed by atoms with van der Waals surface area (Å²) in [6.07, 6.45) is 0. The van der Waals surface area contributed by atoms with Crippen LogP contribution in [0, 0.1) is 0 Å². The Hall–Kier alpha value is -0.850. The monoisotopic (exact) mass is 232 g/mol. The van der Waals surface area contributed by atoms with Gasteiger partial charge in [-0.2, -0.15) is 0 Å². The zero-order valence-corrected chi connectivity index (χ0v) is 10.7. The van der Waals surface area contributed by atoms with Crippen molar-refractivity contribution in [2.24, 2.45) is 10.8 Å². The lowest BCUT2D eigenvalue weighted by Crippen LogP contribution is -2.44. The molecule has 4 N–H and O–H groups in total. The zero-order chi connectivity index (χ0) is 12.4. The van der Waals surface area contributed by atoms with Gasteiger partial charge in [-0.25, -0.2) is 10.8 Å². The second-order valence-corrected chi connectivity index (χ2v) is 3.92. The van der Waals surface area contributed by atoms with Crippen molar-refractivity contribution in [3.8, 4) is 0 Å². The van der Waals surface area contributed by atoms with Gasteiger partial charge in [0.25, 0.3) is 0 Å². The van der Waals surface area contributed by atoms with E-state index in [0.717, 1.165) is 0 Å². The van der Waals surface area contributed by atoms with Crippen LogP contribution >= 0.6 is 0 Å². The molecule has 96 valence electrons. The Morgan fingerprint density at radius 2 is 2.12 bits per heavy atom. The molecular weight excluding hydrogens is 208 g/mol. The quantitative estimate of drug-likeness (QED) is 0.187. The smallest absolute Gasteiger partial charge is 0.205 e. The maximum Gasteiger partial charge on any atom is 0.205 e. The van der Waals surface area contributed by atoms with E-state index in [1.54, 1.807) is 7.11 Å². The van der Waals surface area contributed by atoms with E-state index in [1.165, 1.54) is 0 Å². The first-order chi connectivity index (χ1) is 7.55. The third-order valence-corrected chi connectivity index (χ3v) is 1.89. The highest BCUT2D eigenvalue weighted by atomic mass is 16.5. The fraction of sp³-hybridized carbons (Fsp3) is 0.900. The molecule has 0 unspecified atom stereocenters. The summed E-state index contributed by atoms with van der Waals surface area (Å²) in [5, 5.41) is 3.02. The van der Waals surface area contributed by atoms with Gasteiger partial charge >= 0.3 is 0 Å². The van der Waals surface area contributed by atoms with Gasteiger partial charge in [-0.3, -0.25) is 5.43 Å². The summed E-state index contributed by atoms with van der Waals surface area (Å²) in [5.74, 6) is 5.88. The summed E-state index contributed by atoms with van der Waals surface area (Å²) in [7, 11) is 1.65. The minimum atomic E-state index is -0.278. The van der Waals surface area contributed by atoms with Crippen molar-refractivity contribution in [2.75, 3.05) is 33.4 Å². The second-order valence-electron chi connectivity index (χ2n) is 3.92. The van der Waals surface area contributed by atoms with Crippen molar-refractivity contribution < 1.29 is 9.47 Å². The highest BCUT2D eigenvalue weighted by molar-refractivity contribution is 5.79. The average Bonchev–Trinajstić information content (AvgIpc) is 2.23. The highest BCUT2D eigenvalue weighted by Gasteiger charge is 2.16. The first kappa shape index (κ1) is 15.2. The maximum absolute atomic E-state index is 5.52. The van der Waals surface area contributed by atoms with Crippen LogP contribution in [0.15, 0.2) is 4.99 Å². The van der Waals surface area contributed by atoms with Gasteiger partial charge in [0.1, 0.15) is 0 Å². The fourth-order valence-corrected chi connectivity index (χ4v) is 1.13. The maximum atomic E-state index is 5.52. The van der Waals surface area contributed by atoms with Crippen LogP contribution in [-0.4, -0.2) is 45.0 Å². The first-order valence-corrected chi connectivity index (χ1v) is 5.43. The Kier molecular flexibility index (Phi) is 7.88. The van der Waals surface area contributed by atoms with Crippen molar-refractivity contribution in [1.29, 1.82) is 0 Å². The van der Waals surface area contributed by atoms with Crippen LogP contribution in [-0.2, 0) is 9.47 Å². The largest absolute Gasteiger partial charge is 0.383 e. The van der Waals surface area contributed by atoms with E-state index in [9.17, 15) is 0 Å². The molecule has 6 heteroatoms. The molecule has 0 aromatic heterocycles. The molecule has 0 aliphatic carbocycles. The molecule has 16 heavy (non-hydrogen) atoms. The van der Waals surface area contributed by atoms with Crippen LogP contribution in [0.4, 0.5) is 0 Å². The van der Waals surface area contributed by atoms with Gasteiger partial charge in [0.2, 0.25) is 5.96 Å². The number of methoxy groups -OCH3 is 1. The van der Waals surface area contributed by atoms with Crippen LogP contribution in [0.25, 0.3) is 0 Å². The number of ether oxygens (including phenoxy) is 2. The van der Waals surface area contributed by atoms with Crippen molar-refractivity contribution in [1.82, 2.24) is 10.7 Å². The van der Waals surface area contributed by atoms with Gasteiger partial charge in [-0.15, -0.1) is 0 Å². The van der Waals surface area contributed by atoms with Gasteiger partial charge < -0.3 is 14.8 Å². The lowest BCUT2D eigenvalue weighted by molar-refractivity contribution is -0.00219. The van der Waals surface area contributed by atoms with E-state index in [1.807, 2.05) is 20.8 Å². The van der Waals surface area contributed by atoms with E-state index < -0.39 is 0 Å². The van der Waals surface area contributed by atoms with Crippen LogP contribution in [0.5, 0.6) is 0 Å². The molecule has 0 aromatic rings. The minimum absolute atomic E-state index is 0.278. The van der Waals surface area contributed by atoms with Gasteiger partial charge in [-0.1, -0.05) is 0 Å². The Morgan fingerprint density at radius 3 is 2.62 bits per heavy atom. The normalized spacial score (nSPS) is 12.7. The molecule has 0 saturated carbocycles. The molecule has 0 saturated heterocycles. The standard InChI is InChI=1S/C10H24N4O2/c1-5-16-10(2,3)8-13-9(14-11)12-6-7-15-4/h5-8,11H2,1-4H3,(H2,12,13,14). The summed E-state index contributed by atoms with van der Waals surface area (Å²) in [6.45, 7) is 8.42. The summed E-state index contributed by atoms with van der Waals surface area (Å²) >= 11 is 0. The summed E-state index contributed by atoms with van der Waals surface area (Å²) in [5.41, 5.74) is 2.23. The van der Waals surface area contributed by atoms with Gasteiger partial charge in [0.15, 0.2) is 0 Å². The first-order valence-electron chi connectivity index (χ1n) is 5.43. The molecule has 0 aliphatic rings. The number of rotatable bonds is 7. The molecule has 0 heterocycles. The molecule has 0 spiro atoms. The lowest BCUT2D eigenvalue weighted by Gasteiger charge is -2.22. The molecule has 0 rings (SSSR count). The Morgan fingerprint density at radius 1 is 1.44 bits per heavy atom. The number of aliphatic imine (C=N–C) groups is 1. The zero-order valence-electron chi connectivity index (χ0n) is 10.7. The third-order valence-electron chi connectivity index (χ3n) is 1.89. The molecule has 0 bridgehead atoms. The molecule has 0 radical (unpaired) electrons.